The highest BCUT2D eigenvalue weighted by Gasteiger charge is 2.24. The molecule has 1 aliphatic rings. The van der Waals surface area contributed by atoms with Gasteiger partial charge in [-0.2, -0.15) is 4.98 Å². The third-order valence-corrected chi connectivity index (χ3v) is 3.65. The summed E-state index contributed by atoms with van der Waals surface area (Å²) in [6, 6.07) is 2.29. The lowest BCUT2D eigenvalue weighted by Gasteiger charge is -2.31. The van der Waals surface area contributed by atoms with E-state index >= 15 is 0 Å². The van der Waals surface area contributed by atoms with Crippen LogP contribution in [0, 0.1) is 12.8 Å². The second-order valence-corrected chi connectivity index (χ2v) is 5.10. The average molecular weight is 264 g/mol. The number of aromatic nitrogens is 2. The maximum Gasteiger partial charge on any atom is 0.218 e. The van der Waals surface area contributed by atoms with Crippen LogP contribution in [-0.2, 0) is 0 Å². The number of nitrogens with two attached hydrogens (primary N) is 1. The number of hydrogen-bond acceptors (Lipinski definition) is 5. The molecular weight excluding hydrogens is 240 g/mol. The average Bonchev–Trinajstić information content (AvgIpc) is 2.39. The number of nitrogens with one attached hydrogen (secondary N) is 1. The molecule has 3 N–H and O–H groups in total. The first-order chi connectivity index (χ1) is 9.22. The SMILES string of the molecule is CCOc1cc(NC2CCCCC2CN)nc(C)n1. The van der Waals surface area contributed by atoms with E-state index < -0.39 is 0 Å². The molecule has 2 unspecified atom stereocenters. The largest absolute Gasteiger partial charge is 0.478 e. The van der Waals surface area contributed by atoms with Crippen LogP contribution >= 0.6 is 0 Å². The van der Waals surface area contributed by atoms with Gasteiger partial charge in [0.05, 0.1) is 6.61 Å². The molecular formula is C14H24N4O. The van der Waals surface area contributed by atoms with Crippen molar-refractivity contribution in [3.05, 3.63) is 11.9 Å². The van der Waals surface area contributed by atoms with Gasteiger partial charge in [-0.3, -0.25) is 0 Å². The second kappa shape index (κ2) is 6.70. The summed E-state index contributed by atoms with van der Waals surface area (Å²) < 4.78 is 5.45. The molecule has 0 aliphatic heterocycles. The van der Waals surface area contributed by atoms with Crippen LogP contribution in [0.1, 0.15) is 38.4 Å². The van der Waals surface area contributed by atoms with Crippen molar-refractivity contribution >= 4 is 5.82 Å². The van der Waals surface area contributed by atoms with Gasteiger partial charge in [-0.15, -0.1) is 0 Å². The molecule has 1 fully saturated rings. The fourth-order valence-electron chi connectivity index (χ4n) is 2.71. The third kappa shape index (κ3) is 3.80. The van der Waals surface area contributed by atoms with Gasteiger partial charge in [0.25, 0.3) is 0 Å². The first kappa shape index (κ1) is 14.1. The van der Waals surface area contributed by atoms with Crippen LogP contribution in [0.3, 0.4) is 0 Å². The molecule has 1 aromatic heterocycles. The predicted molar refractivity (Wildman–Crippen MR) is 76.4 cm³/mol. The van der Waals surface area contributed by atoms with Gasteiger partial charge in [0.2, 0.25) is 5.88 Å². The summed E-state index contributed by atoms with van der Waals surface area (Å²) >= 11 is 0. The van der Waals surface area contributed by atoms with Crippen molar-refractivity contribution in [2.75, 3.05) is 18.5 Å². The lowest BCUT2D eigenvalue weighted by molar-refractivity contribution is 0.323. The van der Waals surface area contributed by atoms with Crippen LogP contribution in [0.25, 0.3) is 0 Å². The standard InChI is InChI=1S/C14H24N4O/c1-3-19-14-8-13(16-10(2)17-14)18-12-7-5-4-6-11(12)9-15/h8,11-12H,3-7,9,15H2,1-2H3,(H,16,17,18). The Morgan fingerprint density at radius 1 is 1.37 bits per heavy atom. The summed E-state index contributed by atoms with van der Waals surface area (Å²) in [7, 11) is 0. The molecule has 2 rings (SSSR count). The number of anilines is 1. The van der Waals surface area contributed by atoms with Crippen molar-refractivity contribution < 1.29 is 4.74 Å². The maximum absolute atomic E-state index is 5.86. The molecule has 0 aromatic carbocycles. The highest BCUT2D eigenvalue weighted by atomic mass is 16.5. The van der Waals surface area contributed by atoms with Gasteiger partial charge in [-0.05, 0) is 39.2 Å². The summed E-state index contributed by atoms with van der Waals surface area (Å²) in [6.45, 7) is 5.19. The van der Waals surface area contributed by atoms with Gasteiger partial charge in [0, 0.05) is 12.1 Å². The fraction of sp³-hybridized carbons (Fsp3) is 0.714. The van der Waals surface area contributed by atoms with Crippen LogP contribution in [-0.4, -0.2) is 29.2 Å². The number of ether oxygens (including phenoxy) is 1. The van der Waals surface area contributed by atoms with Gasteiger partial charge < -0.3 is 15.8 Å². The van der Waals surface area contributed by atoms with Crippen molar-refractivity contribution in [3.8, 4) is 5.88 Å². The first-order valence-corrected chi connectivity index (χ1v) is 7.18. The van der Waals surface area contributed by atoms with E-state index in [1.165, 1.54) is 19.3 Å². The molecule has 1 heterocycles. The van der Waals surface area contributed by atoms with Crippen LogP contribution < -0.4 is 15.8 Å². The Morgan fingerprint density at radius 3 is 2.89 bits per heavy atom. The number of nitrogens with zero attached hydrogens (tertiary/aromatic N) is 2. The van der Waals surface area contributed by atoms with Gasteiger partial charge in [-0.25, -0.2) is 4.98 Å². The van der Waals surface area contributed by atoms with E-state index in [4.69, 9.17) is 10.5 Å². The molecule has 0 radical (unpaired) electrons. The Labute approximate surface area is 115 Å². The van der Waals surface area contributed by atoms with Crippen LogP contribution in [0.4, 0.5) is 5.82 Å². The second-order valence-electron chi connectivity index (χ2n) is 5.10. The fourth-order valence-corrected chi connectivity index (χ4v) is 2.71. The van der Waals surface area contributed by atoms with Crippen molar-refractivity contribution in [3.63, 3.8) is 0 Å². The van der Waals surface area contributed by atoms with Crippen LogP contribution in [0.15, 0.2) is 6.07 Å². The number of aryl methyl sites for hydroxylation is 1. The normalized spacial score (nSPS) is 23.1. The molecule has 19 heavy (non-hydrogen) atoms. The van der Waals surface area contributed by atoms with Gasteiger partial charge >= 0.3 is 0 Å². The van der Waals surface area contributed by atoms with Gasteiger partial charge in [0.1, 0.15) is 11.6 Å². The molecule has 5 heteroatoms. The summed E-state index contributed by atoms with van der Waals surface area (Å²) in [6.07, 6.45) is 4.91. The van der Waals surface area contributed by atoms with Crippen molar-refractivity contribution in [1.29, 1.82) is 0 Å². The molecule has 1 saturated carbocycles. The predicted octanol–water partition coefficient (Wildman–Crippen LogP) is 2.11. The van der Waals surface area contributed by atoms with Crippen molar-refractivity contribution in [1.82, 2.24) is 9.97 Å². The maximum atomic E-state index is 5.86. The quantitative estimate of drug-likeness (QED) is 0.852. The molecule has 1 aromatic rings. The smallest absolute Gasteiger partial charge is 0.218 e. The number of rotatable bonds is 5. The Kier molecular flexibility index (Phi) is 4.96. The molecule has 2 atom stereocenters. The Hall–Kier alpha value is -1.36. The van der Waals surface area contributed by atoms with Gasteiger partial charge in [0.15, 0.2) is 0 Å². The molecule has 1 aliphatic carbocycles. The molecule has 106 valence electrons. The van der Waals surface area contributed by atoms with E-state index in [0.717, 1.165) is 24.6 Å². The minimum atomic E-state index is 0.419. The minimum Gasteiger partial charge on any atom is -0.478 e. The van der Waals surface area contributed by atoms with Crippen LogP contribution in [0.5, 0.6) is 5.88 Å². The highest BCUT2D eigenvalue weighted by molar-refractivity contribution is 5.39. The zero-order valence-electron chi connectivity index (χ0n) is 11.9. The van der Waals surface area contributed by atoms with Crippen LogP contribution in [0.2, 0.25) is 0 Å². The Morgan fingerprint density at radius 2 is 2.16 bits per heavy atom. The molecule has 0 amide bonds. The number of hydrogen-bond donors (Lipinski definition) is 2. The minimum absolute atomic E-state index is 0.419. The van der Waals surface area contributed by atoms with Gasteiger partial charge in [-0.1, -0.05) is 12.8 Å². The first-order valence-electron chi connectivity index (χ1n) is 7.18. The third-order valence-electron chi connectivity index (χ3n) is 3.65. The Balaban J connectivity index is 2.08. The van der Waals surface area contributed by atoms with Crippen molar-refractivity contribution in [2.45, 2.75) is 45.6 Å². The summed E-state index contributed by atoms with van der Waals surface area (Å²) in [5.74, 6) is 2.76. The molecule has 0 saturated heterocycles. The summed E-state index contributed by atoms with van der Waals surface area (Å²) in [5, 5.41) is 3.51. The van der Waals surface area contributed by atoms with E-state index in [0.29, 0.717) is 24.4 Å². The highest BCUT2D eigenvalue weighted by Crippen LogP contribution is 2.26. The lowest BCUT2D eigenvalue weighted by atomic mass is 9.84. The van der Waals surface area contributed by atoms with Crippen molar-refractivity contribution in [2.24, 2.45) is 11.7 Å². The zero-order valence-corrected chi connectivity index (χ0v) is 11.9. The van der Waals surface area contributed by atoms with E-state index in [-0.39, 0.29) is 0 Å². The molecule has 0 spiro atoms. The molecule has 0 bridgehead atoms. The zero-order chi connectivity index (χ0) is 13.7. The summed E-state index contributed by atoms with van der Waals surface area (Å²) in [4.78, 5) is 8.69. The van der Waals surface area contributed by atoms with E-state index in [9.17, 15) is 0 Å². The topological polar surface area (TPSA) is 73.1 Å². The molecule has 5 nitrogen and oxygen atoms in total. The lowest BCUT2D eigenvalue weighted by Crippen LogP contribution is -2.37. The van der Waals surface area contributed by atoms with E-state index in [1.54, 1.807) is 0 Å². The van der Waals surface area contributed by atoms with E-state index in [2.05, 4.69) is 15.3 Å². The Bertz CT molecular complexity index is 410. The van der Waals surface area contributed by atoms with E-state index in [1.807, 2.05) is 19.9 Å². The summed E-state index contributed by atoms with van der Waals surface area (Å²) in [5.41, 5.74) is 5.86. The monoisotopic (exact) mass is 264 g/mol.